The maximum atomic E-state index is 5.69. The van der Waals surface area contributed by atoms with Crippen molar-refractivity contribution in [2.75, 3.05) is 6.61 Å². The van der Waals surface area contributed by atoms with Gasteiger partial charge >= 0.3 is 0 Å². The molecule has 3 nitrogen and oxygen atoms in total. The SMILES string of the molecule is CCCCOc1ccc(-c2ccnc3[nH]ccc23)cc1. The van der Waals surface area contributed by atoms with Crippen molar-refractivity contribution in [2.45, 2.75) is 19.8 Å². The first-order valence-corrected chi connectivity index (χ1v) is 7.04. The van der Waals surface area contributed by atoms with Gasteiger partial charge in [-0.1, -0.05) is 25.5 Å². The van der Waals surface area contributed by atoms with E-state index in [1.165, 1.54) is 11.1 Å². The largest absolute Gasteiger partial charge is 0.494 e. The van der Waals surface area contributed by atoms with Crippen LogP contribution in [0.4, 0.5) is 0 Å². The Hall–Kier alpha value is -2.29. The van der Waals surface area contributed by atoms with Gasteiger partial charge in [0.05, 0.1) is 6.61 Å². The molecule has 0 radical (unpaired) electrons. The molecule has 20 heavy (non-hydrogen) atoms. The molecule has 0 atom stereocenters. The van der Waals surface area contributed by atoms with Crippen LogP contribution in [0.3, 0.4) is 0 Å². The van der Waals surface area contributed by atoms with Crippen molar-refractivity contribution in [1.29, 1.82) is 0 Å². The lowest BCUT2D eigenvalue weighted by Crippen LogP contribution is -1.95. The number of ether oxygens (including phenoxy) is 1. The van der Waals surface area contributed by atoms with Crippen molar-refractivity contribution in [3.05, 3.63) is 48.8 Å². The Bertz CT molecular complexity index is 686. The first-order valence-electron chi connectivity index (χ1n) is 7.04. The predicted molar refractivity (Wildman–Crippen MR) is 81.9 cm³/mol. The number of fused-ring (bicyclic) bond motifs is 1. The van der Waals surface area contributed by atoms with Crippen LogP contribution in [0, 0.1) is 0 Å². The molecule has 2 heterocycles. The van der Waals surface area contributed by atoms with Crippen LogP contribution in [0.25, 0.3) is 22.2 Å². The number of unbranched alkanes of at least 4 members (excludes halogenated alkanes) is 1. The van der Waals surface area contributed by atoms with E-state index in [1.807, 2.05) is 30.6 Å². The fourth-order valence-electron chi connectivity index (χ4n) is 2.28. The number of aromatic amines is 1. The molecule has 0 saturated carbocycles. The van der Waals surface area contributed by atoms with Crippen LogP contribution < -0.4 is 4.74 Å². The van der Waals surface area contributed by atoms with Crippen LogP contribution in [0.1, 0.15) is 19.8 Å². The van der Waals surface area contributed by atoms with Gasteiger partial charge in [0.15, 0.2) is 0 Å². The van der Waals surface area contributed by atoms with E-state index in [4.69, 9.17) is 4.74 Å². The van der Waals surface area contributed by atoms with Gasteiger partial charge in [-0.25, -0.2) is 4.98 Å². The maximum Gasteiger partial charge on any atom is 0.137 e. The third-order valence-corrected chi connectivity index (χ3v) is 3.39. The van der Waals surface area contributed by atoms with Gasteiger partial charge < -0.3 is 9.72 Å². The van der Waals surface area contributed by atoms with Crippen LogP contribution in [0.2, 0.25) is 0 Å². The lowest BCUT2D eigenvalue weighted by Gasteiger charge is -2.07. The molecule has 0 aliphatic heterocycles. The Morgan fingerprint density at radius 2 is 1.95 bits per heavy atom. The molecule has 0 aliphatic carbocycles. The van der Waals surface area contributed by atoms with Gasteiger partial charge in [-0.3, -0.25) is 0 Å². The zero-order valence-electron chi connectivity index (χ0n) is 11.6. The minimum Gasteiger partial charge on any atom is -0.494 e. The van der Waals surface area contributed by atoms with Crippen LogP contribution in [-0.4, -0.2) is 16.6 Å². The first-order chi connectivity index (χ1) is 9.88. The molecule has 0 fully saturated rings. The molecule has 3 aromatic rings. The summed E-state index contributed by atoms with van der Waals surface area (Å²) in [5.74, 6) is 0.932. The molecule has 0 aliphatic rings. The van der Waals surface area contributed by atoms with E-state index in [0.29, 0.717) is 0 Å². The molecule has 3 rings (SSSR count). The molecular formula is C17H18N2O. The smallest absolute Gasteiger partial charge is 0.137 e. The lowest BCUT2D eigenvalue weighted by atomic mass is 10.0. The molecule has 0 spiro atoms. The van der Waals surface area contributed by atoms with Crippen molar-refractivity contribution < 1.29 is 4.74 Å². The molecule has 0 amide bonds. The lowest BCUT2D eigenvalue weighted by molar-refractivity contribution is 0.309. The highest BCUT2D eigenvalue weighted by Crippen LogP contribution is 2.28. The van der Waals surface area contributed by atoms with Crippen LogP contribution in [0.15, 0.2) is 48.8 Å². The number of H-pyrrole nitrogens is 1. The van der Waals surface area contributed by atoms with Gasteiger partial charge in [0, 0.05) is 17.8 Å². The number of benzene rings is 1. The minimum absolute atomic E-state index is 0.785. The van der Waals surface area contributed by atoms with E-state index in [9.17, 15) is 0 Å². The molecule has 1 N–H and O–H groups in total. The molecule has 0 unspecified atom stereocenters. The van der Waals surface area contributed by atoms with E-state index in [0.717, 1.165) is 36.2 Å². The zero-order chi connectivity index (χ0) is 13.8. The second kappa shape index (κ2) is 5.78. The normalized spacial score (nSPS) is 10.8. The number of hydrogen-bond donors (Lipinski definition) is 1. The van der Waals surface area contributed by atoms with Gasteiger partial charge in [-0.2, -0.15) is 0 Å². The molecule has 0 bridgehead atoms. The molecule has 3 heteroatoms. The Labute approximate surface area is 118 Å². The Balaban J connectivity index is 1.85. The van der Waals surface area contributed by atoms with Crippen molar-refractivity contribution in [3.63, 3.8) is 0 Å². The highest BCUT2D eigenvalue weighted by Gasteiger charge is 2.05. The summed E-state index contributed by atoms with van der Waals surface area (Å²) in [6.45, 7) is 2.95. The summed E-state index contributed by atoms with van der Waals surface area (Å²) in [4.78, 5) is 7.45. The highest BCUT2D eigenvalue weighted by atomic mass is 16.5. The summed E-state index contributed by atoms with van der Waals surface area (Å²) < 4.78 is 5.69. The number of nitrogens with zero attached hydrogens (tertiary/aromatic N) is 1. The number of rotatable bonds is 5. The Kier molecular flexibility index (Phi) is 3.68. The summed E-state index contributed by atoms with van der Waals surface area (Å²) in [7, 11) is 0. The Morgan fingerprint density at radius 1 is 1.10 bits per heavy atom. The summed E-state index contributed by atoms with van der Waals surface area (Å²) in [6.07, 6.45) is 6.00. The molecule has 102 valence electrons. The summed E-state index contributed by atoms with van der Waals surface area (Å²) in [6, 6.07) is 12.4. The van der Waals surface area contributed by atoms with E-state index >= 15 is 0 Å². The quantitative estimate of drug-likeness (QED) is 0.695. The average Bonchev–Trinajstić information content (AvgIpc) is 2.97. The third kappa shape index (κ3) is 2.52. The number of nitrogens with one attached hydrogen (secondary N) is 1. The van der Waals surface area contributed by atoms with Crippen molar-refractivity contribution >= 4 is 11.0 Å². The topological polar surface area (TPSA) is 37.9 Å². The summed E-state index contributed by atoms with van der Waals surface area (Å²) in [5, 5.41) is 1.15. The van der Waals surface area contributed by atoms with Gasteiger partial charge in [-0.15, -0.1) is 0 Å². The fraction of sp³-hybridized carbons (Fsp3) is 0.235. The van der Waals surface area contributed by atoms with Crippen molar-refractivity contribution in [3.8, 4) is 16.9 Å². The van der Waals surface area contributed by atoms with Crippen LogP contribution in [0.5, 0.6) is 5.75 Å². The highest BCUT2D eigenvalue weighted by molar-refractivity contribution is 5.92. The second-order valence-electron chi connectivity index (χ2n) is 4.82. The summed E-state index contributed by atoms with van der Waals surface area (Å²) >= 11 is 0. The van der Waals surface area contributed by atoms with Gasteiger partial charge in [-0.05, 0) is 41.8 Å². The standard InChI is InChI=1S/C17H18N2O/c1-2-3-12-20-14-6-4-13(5-7-14)15-8-10-18-17-16(15)9-11-19-17/h4-11H,2-3,12H2,1H3,(H,18,19). The molecule has 1 aromatic carbocycles. The van der Waals surface area contributed by atoms with Gasteiger partial charge in [0.2, 0.25) is 0 Å². The summed E-state index contributed by atoms with van der Waals surface area (Å²) in [5.41, 5.74) is 3.29. The Morgan fingerprint density at radius 3 is 2.75 bits per heavy atom. The number of aromatic nitrogens is 2. The van der Waals surface area contributed by atoms with Gasteiger partial charge in [0.25, 0.3) is 0 Å². The molecular weight excluding hydrogens is 248 g/mol. The third-order valence-electron chi connectivity index (χ3n) is 3.39. The first kappa shape index (κ1) is 12.7. The zero-order valence-corrected chi connectivity index (χ0v) is 11.6. The van der Waals surface area contributed by atoms with E-state index in [2.05, 4.69) is 35.1 Å². The monoisotopic (exact) mass is 266 g/mol. The fourth-order valence-corrected chi connectivity index (χ4v) is 2.28. The van der Waals surface area contributed by atoms with Gasteiger partial charge in [0.1, 0.15) is 11.4 Å². The van der Waals surface area contributed by atoms with Crippen LogP contribution >= 0.6 is 0 Å². The number of hydrogen-bond acceptors (Lipinski definition) is 2. The van der Waals surface area contributed by atoms with E-state index in [-0.39, 0.29) is 0 Å². The molecule has 2 aromatic heterocycles. The van der Waals surface area contributed by atoms with Crippen LogP contribution in [-0.2, 0) is 0 Å². The predicted octanol–water partition coefficient (Wildman–Crippen LogP) is 4.41. The number of pyridine rings is 1. The molecule has 0 saturated heterocycles. The minimum atomic E-state index is 0.785. The van der Waals surface area contributed by atoms with E-state index in [1.54, 1.807) is 0 Å². The van der Waals surface area contributed by atoms with Crippen molar-refractivity contribution in [2.24, 2.45) is 0 Å². The van der Waals surface area contributed by atoms with Crippen molar-refractivity contribution in [1.82, 2.24) is 9.97 Å². The average molecular weight is 266 g/mol. The van der Waals surface area contributed by atoms with E-state index < -0.39 is 0 Å². The second-order valence-corrected chi connectivity index (χ2v) is 4.82. The maximum absolute atomic E-state index is 5.69.